The van der Waals surface area contributed by atoms with E-state index in [9.17, 15) is 5.11 Å². The number of nitrogens with zero attached hydrogens (tertiary/aromatic N) is 3. The van der Waals surface area contributed by atoms with Crippen molar-refractivity contribution in [3.05, 3.63) is 18.0 Å². The van der Waals surface area contributed by atoms with Crippen LogP contribution in [0.15, 0.2) is 12.3 Å². The molecule has 4 heteroatoms. The van der Waals surface area contributed by atoms with Crippen molar-refractivity contribution >= 4 is 0 Å². The van der Waals surface area contributed by atoms with Crippen molar-refractivity contribution in [2.24, 2.45) is 0 Å². The Labute approximate surface area is 111 Å². The summed E-state index contributed by atoms with van der Waals surface area (Å²) < 4.78 is 2.02. The van der Waals surface area contributed by atoms with Crippen LogP contribution >= 0.6 is 0 Å². The molecule has 0 aliphatic heterocycles. The number of hydrogen-bond donors (Lipinski definition) is 1. The van der Waals surface area contributed by atoms with Gasteiger partial charge in [0.2, 0.25) is 0 Å². The Morgan fingerprint density at radius 3 is 2.61 bits per heavy atom. The van der Waals surface area contributed by atoms with Crippen molar-refractivity contribution in [3.8, 4) is 0 Å². The molecule has 0 aliphatic carbocycles. The highest BCUT2D eigenvalue weighted by Gasteiger charge is 2.18. The molecule has 0 spiro atoms. The minimum absolute atomic E-state index is 0.447. The average Bonchev–Trinajstić information content (AvgIpc) is 2.73. The lowest BCUT2D eigenvalue weighted by molar-refractivity contribution is 0.0349. The molecule has 0 radical (unpaired) electrons. The molecule has 0 saturated carbocycles. The molecule has 4 nitrogen and oxygen atoms in total. The maximum absolute atomic E-state index is 9.86. The van der Waals surface area contributed by atoms with Crippen LogP contribution in [0.25, 0.3) is 0 Å². The van der Waals surface area contributed by atoms with Gasteiger partial charge in [0.15, 0.2) is 0 Å². The van der Waals surface area contributed by atoms with E-state index in [1.54, 1.807) is 0 Å². The first kappa shape index (κ1) is 15.2. The highest BCUT2D eigenvalue weighted by molar-refractivity contribution is 5.00. The summed E-state index contributed by atoms with van der Waals surface area (Å²) in [6.45, 7) is 12.5. The minimum Gasteiger partial charge on any atom is -0.389 e. The first-order valence-electron chi connectivity index (χ1n) is 6.84. The number of hydrogen-bond acceptors (Lipinski definition) is 3. The molecule has 0 saturated heterocycles. The second-order valence-corrected chi connectivity index (χ2v) is 5.66. The second kappa shape index (κ2) is 6.34. The van der Waals surface area contributed by atoms with Crippen molar-refractivity contribution in [2.45, 2.75) is 59.2 Å². The van der Waals surface area contributed by atoms with E-state index >= 15 is 0 Å². The molecule has 0 bridgehead atoms. The zero-order valence-electron chi connectivity index (χ0n) is 12.3. The predicted octanol–water partition coefficient (Wildman–Crippen LogP) is 2.45. The highest BCUT2D eigenvalue weighted by Crippen LogP contribution is 2.12. The van der Waals surface area contributed by atoms with Gasteiger partial charge < -0.3 is 5.11 Å². The van der Waals surface area contributed by atoms with E-state index in [4.69, 9.17) is 0 Å². The van der Waals surface area contributed by atoms with Gasteiger partial charge in [0.25, 0.3) is 0 Å². The molecule has 1 aromatic heterocycles. The third-order valence-corrected chi connectivity index (χ3v) is 3.15. The Kier molecular flexibility index (Phi) is 5.35. The average molecular weight is 253 g/mol. The summed E-state index contributed by atoms with van der Waals surface area (Å²) in [6, 6.07) is 2.52. The van der Waals surface area contributed by atoms with Crippen LogP contribution in [-0.4, -0.2) is 38.5 Å². The minimum atomic E-state index is -0.657. The van der Waals surface area contributed by atoms with Crippen LogP contribution in [-0.2, 0) is 6.54 Å². The molecular formula is C14H27N3O. The molecule has 1 rings (SSSR count). The van der Waals surface area contributed by atoms with Crippen LogP contribution in [0.5, 0.6) is 0 Å². The van der Waals surface area contributed by atoms with Crippen LogP contribution in [0, 0.1) is 0 Å². The van der Waals surface area contributed by atoms with E-state index in [-0.39, 0.29) is 0 Å². The lowest BCUT2D eigenvalue weighted by Gasteiger charge is -2.27. The maximum atomic E-state index is 9.86. The molecule has 18 heavy (non-hydrogen) atoms. The van der Waals surface area contributed by atoms with Gasteiger partial charge in [-0.15, -0.1) is 0 Å². The van der Waals surface area contributed by atoms with Gasteiger partial charge >= 0.3 is 0 Å². The van der Waals surface area contributed by atoms with Crippen molar-refractivity contribution in [2.75, 3.05) is 13.1 Å². The second-order valence-electron chi connectivity index (χ2n) is 5.66. The molecule has 1 aromatic rings. The molecule has 0 amide bonds. The van der Waals surface area contributed by atoms with Crippen molar-refractivity contribution in [1.29, 1.82) is 0 Å². The third kappa shape index (κ3) is 4.78. The summed E-state index contributed by atoms with van der Waals surface area (Å²) in [5.41, 5.74) is 0.413. The van der Waals surface area contributed by atoms with E-state index in [1.807, 2.05) is 24.7 Å². The summed E-state index contributed by atoms with van der Waals surface area (Å²) >= 11 is 0. The zero-order chi connectivity index (χ0) is 13.8. The molecule has 0 fully saturated rings. The Hall–Kier alpha value is -0.870. The van der Waals surface area contributed by atoms with E-state index in [2.05, 4.69) is 36.8 Å². The van der Waals surface area contributed by atoms with Crippen molar-refractivity contribution < 1.29 is 5.11 Å². The van der Waals surface area contributed by atoms with E-state index in [0.29, 0.717) is 12.6 Å². The van der Waals surface area contributed by atoms with E-state index in [0.717, 1.165) is 25.2 Å². The van der Waals surface area contributed by atoms with Gasteiger partial charge in [-0.05, 0) is 39.8 Å². The Morgan fingerprint density at radius 1 is 1.44 bits per heavy atom. The number of likely N-dealkylation sites (N-methyl/N-ethyl adjacent to an activating group) is 1. The van der Waals surface area contributed by atoms with Crippen LogP contribution in [0.3, 0.4) is 0 Å². The van der Waals surface area contributed by atoms with Gasteiger partial charge in [-0.1, -0.05) is 13.8 Å². The molecule has 1 heterocycles. The first-order chi connectivity index (χ1) is 8.35. The summed E-state index contributed by atoms with van der Waals surface area (Å²) in [5.74, 6) is 0. The molecule has 1 N–H and O–H groups in total. The summed E-state index contributed by atoms with van der Waals surface area (Å²) in [4.78, 5) is 2.21. The normalized spacial score (nSPS) is 14.2. The molecular weight excluding hydrogens is 226 g/mol. The Bertz CT molecular complexity index is 354. The van der Waals surface area contributed by atoms with Crippen molar-refractivity contribution in [3.63, 3.8) is 0 Å². The molecule has 1 unspecified atom stereocenters. The van der Waals surface area contributed by atoms with Gasteiger partial charge in [-0.25, -0.2) is 0 Å². The van der Waals surface area contributed by atoms with Crippen molar-refractivity contribution in [1.82, 2.24) is 14.7 Å². The lowest BCUT2D eigenvalue weighted by atomic mass is 10.1. The van der Waals surface area contributed by atoms with Gasteiger partial charge in [0.1, 0.15) is 0 Å². The molecule has 0 aliphatic rings. The largest absolute Gasteiger partial charge is 0.389 e. The SMILES string of the molecule is CCC(C)n1ccc(CN(CC)CC(C)(C)O)n1. The highest BCUT2D eigenvalue weighted by atomic mass is 16.3. The fourth-order valence-electron chi connectivity index (χ4n) is 1.95. The van der Waals surface area contributed by atoms with Crippen LogP contribution < -0.4 is 0 Å². The fraction of sp³-hybridized carbons (Fsp3) is 0.786. The molecule has 104 valence electrons. The maximum Gasteiger partial charge on any atom is 0.0764 e. The predicted molar refractivity (Wildman–Crippen MR) is 74.5 cm³/mol. The van der Waals surface area contributed by atoms with E-state index < -0.39 is 5.60 Å². The zero-order valence-corrected chi connectivity index (χ0v) is 12.3. The summed E-state index contributed by atoms with van der Waals surface area (Å²) in [7, 11) is 0. The molecule has 0 aromatic carbocycles. The van der Waals surface area contributed by atoms with Crippen LogP contribution in [0.2, 0.25) is 0 Å². The van der Waals surface area contributed by atoms with Crippen LogP contribution in [0.1, 0.15) is 52.8 Å². The number of rotatable bonds is 7. The third-order valence-electron chi connectivity index (χ3n) is 3.15. The Balaban J connectivity index is 2.62. The Morgan fingerprint density at radius 2 is 2.11 bits per heavy atom. The quantitative estimate of drug-likeness (QED) is 0.811. The van der Waals surface area contributed by atoms with Gasteiger partial charge in [0.05, 0.1) is 11.3 Å². The fourth-order valence-corrected chi connectivity index (χ4v) is 1.95. The lowest BCUT2D eigenvalue weighted by Crippen LogP contribution is -2.38. The van der Waals surface area contributed by atoms with Gasteiger partial charge in [0, 0.05) is 25.3 Å². The van der Waals surface area contributed by atoms with Gasteiger partial charge in [-0.2, -0.15) is 5.10 Å². The van der Waals surface area contributed by atoms with E-state index in [1.165, 1.54) is 0 Å². The first-order valence-corrected chi connectivity index (χ1v) is 6.84. The van der Waals surface area contributed by atoms with Gasteiger partial charge in [-0.3, -0.25) is 9.58 Å². The number of aromatic nitrogens is 2. The standard InChI is InChI=1S/C14H27N3O/c1-6-12(3)17-9-8-13(15-17)10-16(7-2)11-14(4,5)18/h8-9,12,18H,6-7,10-11H2,1-5H3. The number of aliphatic hydroxyl groups is 1. The smallest absolute Gasteiger partial charge is 0.0764 e. The monoisotopic (exact) mass is 253 g/mol. The summed E-state index contributed by atoms with van der Waals surface area (Å²) in [5, 5.41) is 14.5. The van der Waals surface area contributed by atoms with Crippen LogP contribution in [0.4, 0.5) is 0 Å². The molecule has 1 atom stereocenters. The topological polar surface area (TPSA) is 41.3 Å². The summed E-state index contributed by atoms with van der Waals surface area (Å²) in [6.07, 6.45) is 3.13.